The van der Waals surface area contributed by atoms with Crippen LogP contribution in [-0.4, -0.2) is 40.1 Å². The Balaban J connectivity index is 2.23. The Morgan fingerprint density at radius 3 is 3.00 bits per heavy atom. The Kier molecular flexibility index (Phi) is 3.73. The molecule has 5 heteroatoms. The van der Waals surface area contributed by atoms with Crippen molar-refractivity contribution in [3.8, 4) is 0 Å². The molecule has 1 heterocycles. The first-order valence-corrected chi connectivity index (χ1v) is 5.66. The maximum Gasteiger partial charge on any atom is 0.106 e. The van der Waals surface area contributed by atoms with E-state index in [0.717, 1.165) is 10.9 Å². The van der Waals surface area contributed by atoms with E-state index in [-0.39, 0.29) is 0 Å². The molecule has 4 N–H and O–H groups in total. The van der Waals surface area contributed by atoms with Gasteiger partial charge < -0.3 is 15.5 Å². The summed E-state index contributed by atoms with van der Waals surface area (Å²) < 4.78 is 0. The van der Waals surface area contributed by atoms with Crippen LogP contribution in [0.15, 0.2) is 24.4 Å². The van der Waals surface area contributed by atoms with E-state index in [1.54, 1.807) is 6.20 Å². The molecule has 2 aromatic rings. The van der Waals surface area contributed by atoms with Crippen LogP contribution in [0.5, 0.6) is 0 Å². The number of aliphatic hydroxyl groups is 2. The van der Waals surface area contributed by atoms with Crippen LogP contribution in [0.25, 0.3) is 10.9 Å². The summed E-state index contributed by atoms with van der Waals surface area (Å²) in [5.74, 6) is 0. The fraction of sp³-hybridized carbons (Fsp3) is 0.417. The zero-order valence-electron chi connectivity index (χ0n) is 9.72. The van der Waals surface area contributed by atoms with Gasteiger partial charge in [0.2, 0.25) is 0 Å². The van der Waals surface area contributed by atoms with Gasteiger partial charge in [0, 0.05) is 5.39 Å². The molecule has 2 unspecified atom stereocenters. The zero-order valence-corrected chi connectivity index (χ0v) is 9.72. The molecular weight excluding hydrogens is 218 g/mol. The quantitative estimate of drug-likeness (QED) is 0.610. The number of benzene rings is 1. The first kappa shape index (κ1) is 12.0. The van der Waals surface area contributed by atoms with E-state index in [1.165, 1.54) is 0 Å². The van der Waals surface area contributed by atoms with E-state index in [1.807, 2.05) is 25.2 Å². The molecule has 2 rings (SSSR count). The second-order valence-corrected chi connectivity index (χ2v) is 4.08. The van der Waals surface area contributed by atoms with Crippen LogP contribution in [0.2, 0.25) is 0 Å². The molecule has 0 spiro atoms. The van der Waals surface area contributed by atoms with E-state index >= 15 is 0 Å². The number of aromatic amines is 1. The zero-order chi connectivity index (χ0) is 12.3. The highest BCUT2D eigenvalue weighted by atomic mass is 16.3. The van der Waals surface area contributed by atoms with E-state index in [2.05, 4.69) is 15.5 Å². The first-order valence-electron chi connectivity index (χ1n) is 5.66. The summed E-state index contributed by atoms with van der Waals surface area (Å²) in [5, 5.41) is 30.6. The highest BCUT2D eigenvalue weighted by Crippen LogP contribution is 2.25. The van der Waals surface area contributed by atoms with Crippen molar-refractivity contribution in [3.05, 3.63) is 30.0 Å². The summed E-state index contributed by atoms with van der Waals surface area (Å²) in [6.07, 6.45) is 0.512. The van der Waals surface area contributed by atoms with Crippen molar-refractivity contribution in [2.75, 3.05) is 13.6 Å². The lowest BCUT2D eigenvalue weighted by atomic mass is 9.99. The Morgan fingerprint density at radius 2 is 2.24 bits per heavy atom. The molecule has 0 aliphatic heterocycles. The topological polar surface area (TPSA) is 81.2 Å². The maximum atomic E-state index is 10.1. The van der Waals surface area contributed by atoms with E-state index < -0.39 is 12.2 Å². The number of aromatic nitrogens is 2. The van der Waals surface area contributed by atoms with Gasteiger partial charge in [-0.05, 0) is 31.6 Å². The predicted molar refractivity (Wildman–Crippen MR) is 65.6 cm³/mol. The number of nitrogens with one attached hydrogen (secondary N) is 2. The SMILES string of the molecule is CNCCC(O)C(O)c1cccc2[nH]ncc12. The number of hydrogen-bond donors (Lipinski definition) is 4. The van der Waals surface area contributed by atoms with Crippen molar-refractivity contribution in [3.63, 3.8) is 0 Å². The normalized spacial score (nSPS) is 15.0. The predicted octanol–water partition coefficient (Wildman–Crippen LogP) is 0.567. The van der Waals surface area contributed by atoms with Gasteiger partial charge in [-0.15, -0.1) is 0 Å². The van der Waals surface area contributed by atoms with Gasteiger partial charge in [-0.2, -0.15) is 5.10 Å². The van der Waals surface area contributed by atoms with Gasteiger partial charge in [-0.1, -0.05) is 12.1 Å². The highest BCUT2D eigenvalue weighted by molar-refractivity contribution is 5.81. The Hall–Kier alpha value is -1.43. The largest absolute Gasteiger partial charge is 0.390 e. The molecule has 0 aliphatic rings. The molecule has 0 saturated heterocycles. The van der Waals surface area contributed by atoms with Crippen LogP contribution in [0.4, 0.5) is 0 Å². The summed E-state index contributed by atoms with van der Waals surface area (Å²) >= 11 is 0. The second-order valence-electron chi connectivity index (χ2n) is 4.08. The third kappa shape index (κ3) is 2.46. The molecular formula is C12H17N3O2. The van der Waals surface area contributed by atoms with Crippen LogP contribution < -0.4 is 5.32 Å². The van der Waals surface area contributed by atoms with Crippen LogP contribution in [0.3, 0.4) is 0 Å². The summed E-state index contributed by atoms with van der Waals surface area (Å²) in [7, 11) is 1.82. The van der Waals surface area contributed by atoms with Crippen LogP contribution in [-0.2, 0) is 0 Å². The average molecular weight is 235 g/mol. The molecule has 1 aromatic heterocycles. The fourth-order valence-corrected chi connectivity index (χ4v) is 1.91. The molecule has 2 atom stereocenters. The second kappa shape index (κ2) is 5.27. The summed E-state index contributed by atoms with van der Waals surface area (Å²) in [4.78, 5) is 0. The number of nitrogens with zero attached hydrogens (tertiary/aromatic N) is 1. The molecule has 0 bridgehead atoms. The van der Waals surface area contributed by atoms with E-state index in [4.69, 9.17) is 0 Å². The third-order valence-corrected chi connectivity index (χ3v) is 2.89. The summed E-state index contributed by atoms with van der Waals surface area (Å²) in [5.41, 5.74) is 1.57. The van der Waals surface area contributed by atoms with Gasteiger partial charge in [0.1, 0.15) is 6.10 Å². The average Bonchev–Trinajstić information content (AvgIpc) is 2.82. The molecule has 0 amide bonds. The fourth-order valence-electron chi connectivity index (χ4n) is 1.91. The number of H-pyrrole nitrogens is 1. The molecule has 0 radical (unpaired) electrons. The molecule has 92 valence electrons. The minimum atomic E-state index is -0.885. The molecule has 17 heavy (non-hydrogen) atoms. The minimum absolute atomic E-state index is 0.506. The summed E-state index contributed by atoms with van der Waals surface area (Å²) in [6, 6.07) is 5.54. The minimum Gasteiger partial charge on any atom is -0.390 e. The van der Waals surface area contributed by atoms with Crippen LogP contribution in [0.1, 0.15) is 18.1 Å². The Bertz CT molecular complexity index is 483. The number of rotatable bonds is 5. The molecule has 1 aromatic carbocycles. The highest BCUT2D eigenvalue weighted by Gasteiger charge is 2.20. The van der Waals surface area contributed by atoms with E-state index in [0.29, 0.717) is 18.5 Å². The lowest BCUT2D eigenvalue weighted by molar-refractivity contribution is 0.0149. The standard InChI is InChI=1S/C12H17N3O2/c1-13-6-5-11(16)12(17)8-3-2-4-10-9(8)7-14-15-10/h2-4,7,11-13,16-17H,5-6H2,1H3,(H,14,15). The Morgan fingerprint density at radius 1 is 1.41 bits per heavy atom. The van der Waals surface area contributed by atoms with Crippen LogP contribution >= 0.6 is 0 Å². The van der Waals surface area contributed by atoms with Gasteiger partial charge >= 0.3 is 0 Å². The van der Waals surface area contributed by atoms with Crippen LogP contribution in [0, 0.1) is 0 Å². The lowest BCUT2D eigenvalue weighted by Gasteiger charge is -2.18. The molecule has 5 nitrogen and oxygen atoms in total. The summed E-state index contributed by atoms with van der Waals surface area (Å²) in [6.45, 7) is 0.666. The van der Waals surface area contributed by atoms with Gasteiger partial charge in [0.05, 0.1) is 17.8 Å². The van der Waals surface area contributed by atoms with Gasteiger partial charge in [-0.3, -0.25) is 5.10 Å². The molecule has 0 saturated carbocycles. The van der Waals surface area contributed by atoms with Gasteiger partial charge in [0.25, 0.3) is 0 Å². The number of fused-ring (bicyclic) bond motifs is 1. The third-order valence-electron chi connectivity index (χ3n) is 2.89. The van der Waals surface area contributed by atoms with E-state index in [9.17, 15) is 10.2 Å². The lowest BCUT2D eigenvalue weighted by Crippen LogP contribution is -2.23. The van der Waals surface area contributed by atoms with Crippen molar-refractivity contribution in [1.29, 1.82) is 0 Å². The number of hydrogen-bond acceptors (Lipinski definition) is 4. The van der Waals surface area contributed by atoms with Crippen molar-refractivity contribution in [2.45, 2.75) is 18.6 Å². The maximum absolute atomic E-state index is 10.1. The monoisotopic (exact) mass is 235 g/mol. The van der Waals surface area contributed by atoms with Gasteiger partial charge in [0.15, 0.2) is 0 Å². The van der Waals surface area contributed by atoms with Crippen molar-refractivity contribution in [2.24, 2.45) is 0 Å². The van der Waals surface area contributed by atoms with Crippen molar-refractivity contribution < 1.29 is 10.2 Å². The van der Waals surface area contributed by atoms with Crippen molar-refractivity contribution >= 4 is 10.9 Å². The smallest absolute Gasteiger partial charge is 0.106 e. The van der Waals surface area contributed by atoms with Gasteiger partial charge in [-0.25, -0.2) is 0 Å². The first-order chi connectivity index (χ1) is 8.24. The number of aliphatic hydroxyl groups excluding tert-OH is 2. The molecule has 0 fully saturated rings. The van der Waals surface area contributed by atoms with Crippen molar-refractivity contribution in [1.82, 2.24) is 15.5 Å². The Labute approximate surface area is 99.5 Å². The molecule has 0 aliphatic carbocycles.